The Balaban J connectivity index is 2.29. The first-order valence-electron chi connectivity index (χ1n) is 9.16. The third kappa shape index (κ3) is 3.93. The van der Waals surface area contributed by atoms with Crippen molar-refractivity contribution in [2.75, 3.05) is 0 Å². The lowest BCUT2D eigenvalue weighted by atomic mass is 9.85. The van der Waals surface area contributed by atoms with E-state index >= 15 is 0 Å². The Labute approximate surface area is 138 Å². The molecule has 0 radical (unpaired) electrons. The van der Waals surface area contributed by atoms with E-state index in [-0.39, 0.29) is 12.2 Å². The molecule has 0 saturated heterocycles. The van der Waals surface area contributed by atoms with Crippen molar-refractivity contribution in [3.63, 3.8) is 0 Å². The van der Waals surface area contributed by atoms with E-state index in [1.54, 1.807) is 0 Å². The molecular weight excluding hydrogens is 288 g/mol. The van der Waals surface area contributed by atoms with E-state index in [1.165, 1.54) is 32.1 Å². The van der Waals surface area contributed by atoms with Crippen molar-refractivity contribution >= 4 is 8.56 Å². The maximum absolute atomic E-state index is 6.83. The molecule has 0 aromatic rings. The summed E-state index contributed by atoms with van der Waals surface area (Å²) in [6.45, 7) is 11.2. The zero-order valence-corrected chi connectivity index (χ0v) is 16.0. The van der Waals surface area contributed by atoms with Crippen LogP contribution in [0.5, 0.6) is 0 Å². The lowest BCUT2D eigenvalue weighted by Gasteiger charge is -2.41. The molecule has 0 aromatic heterocycles. The number of rotatable bonds is 4. The predicted octanol–water partition coefficient (Wildman–Crippen LogP) is 5.75. The van der Waals surface area contributed by atoms with Crippen molar-refractivity contribution in [2.24, 2.45) is 5.92 Å². The van der Waals surface area contributed by atoms with Crippen molar-refractivity contribution < 1.29 is 8.85 Å². The number of hydrogen-bond acceptors (Lipinski definition) is 2. The molecule has 3 heteroatoms. The second-order valence-corrected chi connectivity index (χ2v) is 11.7. The minimum absolute atomic E-state index is 0.0788. The van der Waals surface area contributed by atoms with Gasteiger partial charge in [0.15, 0.2) is 0 Å². The second-order valence-electron chi connectivity index (χ2n) is 7.50. The van der Waals surface area contributed by atoms with Gasteiger partial charge in [0.2, 0.25) is 0 Å². The van der Waals surface area contributed by atoms with Gasteiger partial charge in [-0.15, -0.1) is 0 Å². The van der Waals surface area contributed by atoms with Crippen molar-refractivity contribution in [1.82, 2.24) is 0 Å². The van der Waals surface area contributed by atoms with Crippen LogP contribution in [0.1, 0.15) is 66.7 Å². The molecule has 2 rings (SSSR count). The van der Waals surface area contributed by atoms with Crippen LogP contribution in [-0.4, -0.2) is 20.8 Å². The monoisotopic (exact) mass is 322 g/mol. The van der Waals surface area contributed by atoms with Crippen LogP contribution in [0.4, 0.5) is 0 Å². The minimum atomic E-state index is -2.25. The summed E-state index contributed by atoms with van der Waals surface area (Å²) in [6.07, 6.45) is 15.9. The maximum Gasteiger partial charge on any atom is 0.344 e. The van der Waals surface area contributed by atoms with E-state index in [0.717, 1.165) is 0 Å². The average Bonchev–Trinajstić information content (AvgIpc) is 2.69. The lowest BCUT2D eigenvalue weighted by molar-refractivity contribution is 0.0813. The van der Waals surface area contributed by atoms with E-state index in [9.17, 15) is 0 Å². The summed E-state index contributed by atoms with van der Waals surface area (Å²) in [5, 5.41) is 0. The molecule has 0 bridgehead atoms. The molecule has 2 nitrogen and oxygen atoms in total. The summed E-state index contributed by atoms with van der Waals surface area (Å²) < 4.78 is 13.5. The fourth-order valence-electron chi connectivity index (χ4n) is 3.97. The summed E-state index contributed by atoms with van der Waals surface area (Å²) in [7, 11) is -2.25. The van der Waals surface area contributed by atoms with Crippen LogP contribution in [0.2, 0.25) is 11.1 Å². The molecule has 0 aromatic carbocycles. The molecule has 1 heterocycles. The van der Waals surface area contributed by atoms with Gasteiger partial charge in [-0.2, -0.15) is 0 Å². The van der Waals surface area contributed by atoms with Gasteiger partial charge in [0.25, 0.3) is 0 Å². The zero-order chi connectivity index (χ0) is 16.2. The highest BCUT2D eigenvalue weighted by Crippen LogP contribution is 2.41. The molecular formula is C19H34O2Si. The molecule has 126 valence electrons. The molecule has 2 aliphatic rings. The molecule has 0 unspecified atom stereocenters. The molecule has 1 fully saturated rings. The van der Waals surface area contributed by atoms with Gasteiger partial charge in [-0.05, 0) is 36.8 Å². The molecule has 0 amide bonds. The molecule has 0 N–H and O–H groups in total. The van der Waals surface area contributed by atoms with Gasteiger partial charge < -0.3 is 8.85 Å². The minimum Gasteiger partial charge on any atom is -0.387 e. The van der Waals surface area contributed by atoms with Crippen LogP contribution in [-0.2, 0) is 8.85 Å². The van der Waals surface area contributed by atoms with Crippen LogP contribution in [0.15, 0.2) is 24.3 Å². The summed E-state index contributed by atoms with van der Waals surface area (Å²) in [4.78, 5) is 0. The molecule has 1 saturated carbocycles. The average molecular weight is 323 g/mol. The Hall–Kier alpha value is -0.383. The quantitative estimate of drug-likeness (QED) is 0.485. The normalized spacial score (nSPS) is 30.3. The molecule has 1 aliphatic heterocycles. The van der Waals surface area contributed by atoms with E-state index < -0.39 is 8.56 Å². The van der Waals surface area contributed by atoms with Gasteiger partial charge in [-0.25, -0.2) is 0 Å². The third-order valence-electron chi connectivity index (χ3n) is 5.24. The third-order valence-corrected chi connectivity index (χ3v) is 9.74. The van der Waals surface area contributed by atoms with Crippen molar-refractivity contribution in [3.8, 4) is 0 Å². The second kappa shape index (κ2) is 7.94. The smallest absolute Gasteiger partial charge is 0.344 e. The van der Waals surface area contributed by atoms with Gasteiger partial charge in [0.1, 0.15) is 0 Å². The number of allylic oxidation sites excluding steroid dienone is 1. The van der Waals surface area contributed by atoms with E-state index in [0.29, 0.717) is 17.0 Å². The highest BCUT2D eigenvalue weighted by molar-refractivity contribution is 6.70. The summed E-state index contributed by atoms with van der Waals surface area (Å²) >= 11 is 0. The molecule has 0 spiro atoms. The van der Waals surface area contributed by atoms with Gasteiger partial charge in [0, 0.05) is 0 Å². The summed E-state index contributed by atoms with van der Waals surface area (Å²) in [6, 6.07) is 0. The predicted molar refractivity (Wildman–Crippen MR) is 96.2 cm³/mol. The van der Waals surface area contributed by atoms with E-state index in [4.69, 9.17) is 8.85 Å². The van der Waals surface area contributed by atoms with Gasteiger partial charge >= 0.3 is 8.56 Å². The highest BCUT2D eigenvalue weighted by atomic mass is 28.4. The Morgan fingerprint density at radius 1 is 0.955 bits per heavy atom. The van der Waals surface area contributed by atoms with Gasteiger partial charge in [-0.3, -0.25) is 0 Å². The van der Waals surface area contributed by atoms with Crippen molar-refractivity contribution in [1.29, 1.82) is 0 Å². The Morgan fingerprint density at radius 3 is 2.14 bits per heavy atom. The van der Waals surface area contributed by atoms with Crippen LogP contribution >= 0.6 is 0 Å². The Kier molecular flexibility index (Phi) is 6.48. The molecule has 1 aliphatic carbocycles. The molecule has 2 atom stereocenters. The van der Waals surface area contributed by atoms with Crippen molar-refractivity contribution in [3.05, 3.63) is 24.3 Å². The first kappa shape index (κ1) is 18.0. The van der Waals surface area contributed by atoms with Gasteiger partial charge in [0.05, 0.1) is 12.2 Å². The standard InChI is InChI=1S/C19H34O2Si/c1-6-10-18-13-14-19(17-11-8-7-9-12-17)21-22(20-18,15(2)3)16(4)5/h6,10,13-19H,7-9,11-12H2,1-5H3/b10-6+/t18-,19+/m0/s1. The lowest BCUT2D eigenvalue weighted by Crippen LogP contribution is -2.52. The van der Waals surface area contributed by atoms with Crippen LogP contribution in [0.3, 0.4) is 0 Å². The maximum atomic E-state index is 6.83. The van der Waals surface area contributed by atoms with E-state index in [2.05, 4.69) is 58.9 Å². The van der Waals surface area contributed by atoms with Crippen LogP contribution < -0.4 is 0 Å². The summed E-state index contributed by atoms with van der Waals surface area (Å²) in [5.41, 5.74) is 0.928. The van der Waals surface area contributed by atoms with Crippen LogP contribution in [0, 0.1) is 5.92 Å². The molecule has 22 heavy (non-hydrogen) atoms. The Morgan fingerprint density at radius 2 is 1.59 bits per heavy atom. The number of hydrogen-bond donors (Lipinski definition) is 0. The Bertz CT molecular complexity index is 386. The topological polar surface area (TPSA) is 18.5 Å². The van der Waals surface area contributed by atoms with Gasteiger partial charge in [-0.1, -0.05) is 71.3 Å². The largest absolute Gasteiger partial charge is 0.387 e. The fourth-order valence-corrected chi connectivity index (χ4v) is 7.73. The first-order valence-corrected chi connectivity index (χ1v) is 11.1. The van der Waals surface area contributed by atoms with E-state index in [1.807, 2.05) is 0 Å². The first-order chi connectivity index (χ1) is 10.5. The van der Waals surface area contributed by atoms with Crippen molar-refractivity contribution in [2.45, 2.75) is 90.0 Å². The van der Waals surface area contributed by atoms with Crippen LogP contribution in [0.25, 0.3) is 0 Å². The highest BCUT2D eigenvalue weighted by Gasteiger charge is 2.49. The fraction of sp³-hybridized carbons (Fsp3) is 0.789. The zero-order valence-electron chi connectivity index (χ0n) is 15.0. The summed E-state index contributed by atoms with van der Waals surface area (Å²) in [5.74, 6) is 0.683. The SMILES string of the molecule is C/C=C/[C@H]1C=C[C@H](C2CCCCC2)O[Si](C(C)C)(C(C)C)O1.